The van der Waals surface area contributed by atoms with Crippen molar-refractivity contribution in [3.05, 3.63) is 45.3 Å². The van der Waals surface area contributed by atoms with Gasteiger partial charge in [-0.1, -0.05) is 40.6 Å². The molecule has 1 N–H and O–H groups in total. The topological polar surface area (TPSA) is 72.0 Å². The summed E-state index contributed by atoms with van der Waals surface area (Å²) in [5.41, 5.74) is 0.483. The fourth-order valence-corrected chi connectivity index (χ4v) is 5.41. The molecule has 2 heterocycles. The van der Waals surface area contributed by atoms with Crippen molar-refractivity contribution in [1.82, 2.24) is 10.2 Å². The van der Waals surface area contributed by atoms with Gasteiger partial charge in [0.25, 0.3) is 10.0 Å². The average Bonchev–Trinajstić information content (AvgIpc) is 3.10. The van der Waals surface area contributed by atoms with E-state index in [1.165, 1.54) is 17.4 Å². The van der Waals surface area contributed by atoms with Gasteiger partial charge in [-0.05, 0) is 36.8 Å². The van der Waals surface area contributed by atoms with Crippen LogP contribution < -0.4 is 4.72 Å². The largest absolute Gasteiger partial charge is 0.264 e. The summed E-state index contributed by atoms with van der Waals surface area (Å²) in [7, 11) is -3.78. The highest BCUT2D eigenvalue weighted by Crippen LogP contribution is 2.35. The number of halogens is 2. The Balaban J connectivity index is 1.90. The minimum Gasteiger partial charge on any atom is -0.253 e. The van der Waals surface area contributed by atoms with Crippen molar-refractivity contribution >= 4 is 61.0 Å². The monoisotopic (exact) mass is 405 g/mol. The van der Waals surface area contributed by atoms with Crippen molar-refractivity contribution < 1.29 is 8.42 Å². The number of nitrogens with zero attached hydrogens (tertiary/aromatic N) is 2. The first-order valence-corrected chi connectivity index (χ1v) is 10.1. The van der Waals surface area contributed by atoms with Crippen LogP contribution in [0, 0.1) is 6.92 Å². The summed E-state index contributed by atoms with van der Waals surface area (Å²) < 4.78 is 28.0. The number of anilines is 1. The Labute approximate surface area is 151 Å². The van der Waals surface area contributed by atoms with Crippen molar-refractivity contribution in [3.63, 3.8) is 0 Å². The van der Waals surface area contributed by atoms with Crippen molar-refractivity contribution in [2.75, 3.05) is 4.72 Å². The molecule has 120 valence electrons. The highest BCUT2D eigenvalue weighted by molar-refractivity contribution is 7.93. The van der Waals surface area contributed by atoms with E-state index in [-0.39, 0.29) is 10.0 Å². The Morgan fingerprint density at radius 1 is 1.09 bits per heavy atom. The number of aromatic nitrogens is 2. The van der Waals surface area contributed by atoms with Crippen LogP contribution in [0.2, 0.25) is 9.36 Å². The maximum absolute atomic E-state index is 12.5. The lowest BCUT2D eigenvalue weighted by Crippen LogP contribution is -2.14. The Bertz CT molecular complexity index is 967. The van der Waals surface area contributed by atoms with E-state index < -0.39 is 10.0 Å². The van der Waals surface area contributed by atoms with Crippen molar-refractivity contribution in [1.29, 1.82) is 0 Å². The van der Waals surface area contributed by atoms with Gasteiger partial charge < -0.3 is 0 Å². The van der Waals surface area contributed by atoms with Gasteiger partial charge in [0.15, 0.2) is 5.01 Å². The van der Waals surface area contributed by atoms with Crippen LogP contribution in [0.15, 0.2) is 35.2 Å². The van der Waals surface area contributed by atoms with Gasteiger partial charge in [0, 0.05) is 5.02 Å². The molecule has 0 radical (unpaired) electrons. The molecule has 10 heteroatoms. The molecular weight excluding hydrogens is 397 g/mol. The standard InChI is InChI=1S/C13H9Cl2N3O2S3/c1-7-8(14)3-2-4-10(7)23(19,20)18-13-17-16-12(22-13)9-5-6-11(15)21-9/h2-6H,1H3,(H,17,18). The number of sulfonamides is 1. The zero-order valence-electron chi connectivity index (χ0n) is 11.6. The number of nitrogens with one attached hydrogen (secondary N) is 1. The van der Waals surface area contributed by atoms with Gasteiger partial charge in [-0.3, -0.25) is 4.72 Å². The molecule has 0 saturated heterocycles. The average molecular weight is 406 g/mol. The number of rotatable bonds is 4. The molecule has 0 unspecified atom stereocenters. The van der Waals surface area contributed by atoms with E-state index >= 15 is 0 Å². The predicted octanol–water partition coefficient (Wildman–Crippen LogP) is 4.68. The Morgan fingerprint density at radius 3 is 2.57 bits per heavy atom. The summed E-state index contributed by atoms with van der Waals surface area (Å²) in [5.74, 6) is 0. The van der Waals surface area contributed by atoms with Gasteiger partial charge in [0.05, 0.1) is 14.1 Å². The van der Waals surface area contributed by atoms with E-state index in [4.69, 9.17) is 23.2 Å². The third kappa shape index (κ3) is 3.51. The maximum Gasteiger partial charge on any atom is 0.264 e. The van der Waals surface area contributed by atoms with Crippen molar-refractivity contribution in [2.24, 2.45) is 0 Å². The molecule has 0 aliphatic rings. The molecule has 3 rings (SSSR count). The van der Waals surface area contributed by atoms with E-state index in [0.29, 0.717) is 19.9 Å². The van der Waals surface area contributed by atoms with E-state index in [1.807, 2.05) is 6.07 Å². The minimum absolute atomic E-state index is 0.112. The molecule has 0 aliphatic heterocycles. The molecule has 3 aromatic rings. The van der Waals surface area contributed by atoms with Gasteiger partial charge in [-0.15, -0.1) is 21.5 Å². The zero-order valence-corrected chi connectivity index (χ0v) is 15.5. The summed E-state index contributed by atoms with van der Waals surface area (Å²) in [5, 5.41) is 9.03. The molecule has 0 amide bonds. The van der Waals surface area contributed by atoms with Crippen molar-refractivity contribution in [3.8, 4) is 9.88 Å². The van der Waals surface area contributed by atoms with Gasteiger partial charge in [-0.25, -0.2) is 8.42 Å². The van der Waals surface area contributed by atoms with Crippen LogP contribution in [0.5, 0.6) is 0 Å². The number of benzene rings is 1. The van der Waals surface area contributed by atoms with Crippen LogP contribution in [0.1, 0.15) is 5.56 Å². The summed E-state index contributed by atoms with van der Waals surface area (Å²) in [6.45, 7) is 1.65. The van der Waals surface area contributed by atoms with Crippen LogP contribution in [0.3, 0.4) is 0 Å². The molecule has 2 aromatic heterocycles. The Kier molecular flexibility index (Phi) is 4.61. The fraction of sp³-hybridized carbons (Fsp3) is 0.0769. The first kappa shape index (κ1) is 16.7. The molecular formula is C13H9Cl2N3O2S3. The fourth-order valence-electron chi connectivity index (χ4n) is 1.84. The quantitative estimate of drug-likeness (QED) is 0.683. The second-order valence-corrected chi connectivity index (χ2v) is 9.24. The van der Waals surface area contributed by atoms with E-state index in [2.05, 4.69) is 14.9 Å². The number of hydrogen-bond acceptors (Lipinski definition) is 6. The van der Waals surface area contributed by atoms with Gasteiger partial charge >= 0.3 is 0 Å². The Hall–Kier alpha value is -1.19. The van der Waals surface area contributed by atoms with Gasteiger partial charge in [-0.2, -0.15) is 0 Å². The van der Waals surface area contributed by atoms with Crippen LogP contribution in [0.4, 0.5) is 5.13 Å². The summed E-state index contributed by atoms with van der Waals surface area (Å²) >= 11 is 14.4. The Morgan fingerprint density at radius 2 is 1.87 bits per heavy atom. The predicted molar refractivity (Wildman–Crippen MR) is 95.2 cm³/mol. The van der Waals surface area contributed by atoms with Gasteiger partial charge in [0.2, 0.25) is 5.13 Å². The van der Waals surface area contributed by atoms with Gasteiger partial charge in [0.1, 0.15) is 0 Å². The smallest absolute Gasteiger partial charge is 0.253 e. The highest BCUT2D eigenvalue weighted by Gasteiger charge is 2.20. The second-order valence-electron chi connectivity index (χ2n) is 4.48. The molecule has 0 aliphatic carbocycles. The lowest BCUT2D eigenvalue weighted by atomic mass is 10.2. The van der Waals surface area contributed by atoms with E-state index in [1.54, 1.807) is 25.1 Å². The molecule has 0 fully saturated rings. The van der Waals surface area contributed by atoms with Crippen LogP contribution in [-0.4, -0.2) is 18.6 Å². The lowest BCUT2D eigenvalue weighted by Gasteiger charge is -2.08. The number of thiophene rings is 1. The van der Waals surface area contributed by atoms with E-state index in [9.17, 15) is 8.42 Å². The highest BCUT2D eigenvalue weighted by atomic mass is 35.5. The summed E-state index contributed by atoms with van der Waals surface area (Å²) in [6, 6.07) is 8.28. The maximum atomic E-state index is 12.5. The molecule has 1 aromatic carbocycles. The molecule has 0 bridgehead atoms. The lowest BCUT2D eigenvalue weighted by molar-refractivity contribution is 0.600. The normalized spacial score (nSPS) is 11.6. The van der Waals surface area contributed by atoms with E-state index in [0.717, 1.165) is 16.2 Å². The first-order valence-electron chi connectivity index (χ1n) is 6.24. The molecule has 23 heavy (non-hydrogen) atoms. The first-order chi connectivity index (χ1) is 10.9. The molecule has 5 nitrogen and oxygen atoms in total. The number of hydrogen-bond donors (Lipinski definition) is 1. The third-order valence-corrected chi connectivity index (χ3v) is 7.20. The summed E-state index contributed by atoms with van der Waals surface area (Å²) in [6.07, 6.45) is 0. The van der Waals surface area contributed by atoms with Crippen LogP contribution in [0.25, 0.3) is 9.88 Å². The van der Waals surface area contributed by atoms with Crippen LogP contribution >= 0.6 is 45.9 Å². The third-order valence-electron chi connectivity index (χ3n) is 2.94. The zero-order chi connectivity index (χ0) is 16.6. The molecule has 0 spiro atoms. The summed E-state index contributed by atoms with van der Waals surface area (Å²) in [4.78, 5) is 0.942. The van der Waals surface area contributed by atoms with Crippen molar-refractivity contribution in [2.45, 2.75) is 11.8 Å². The SMILES string of the molecule is Cc1c(Cl)cccc1S(=O)(=O)Nc1nnc(-c2ccc(Cl)s2)s1. The molecule has 0 atom stereocenters. The van der Waals surface area contributed by atoms with Crippen LogP contribution in [-0.2, 0) is 10.0 Å². The second kappa shape index (κ2) is 6.37. The minimum atomic E-state index is -3.78. The molecule has 0 saturated carbocycles.